The minimum Gasteiger partial charge on any atom is -1.00 e. The third-order valence-electron chi connectivity index (χ3n) is 8.76. The predicted octanol–water partition coefficient (Wildman–Crippen LogP) is 5.55. The van der Waals surface area contributed by atoms with Gasteiger partial charge in [-0.2, -0.15) is 0 Å². The van der Waals surface area contributed by atoms with Gasteiger partial charge in [0.2, 0.25) is 0 Å². The molecule has 0 radical (unpaired) electrons. The molecule has 46 heavy (non-hydrogen) atoms. The summed E-state index contributed by atoms with van der Waals surface area (Å²) >= 11 is -2.50. The van der Waals surface area contributed by atoms with Gasteiger partial charge in [0.15, 0.2) is 0 Å². The normalized spacial score (nSPS) is 16.6. The Kier molecular flexibility index (Phi) is 10.8. The van der Waals surface area contributed by atoms with Crippen LogP contribution in [0.2, 0.25) is 13.1 Å². The van der Waals surface area contributed by atoms with Crippen LogP contribution in [-0.4, -0.2) is 5.43 Å². The van der Waals surface area contributed by atoms with Crippen LogP contribution in [-0.2, 0) is 32.7 Å². The molecule has 2 atom stereocenters. The van der Waals surface area contributed by atoms with Crippen molar-refractivity contribution in [3.8, 4) is 22.3 Å². The Morgan fingerprint density at radius 2 is 0.935 bits per heavy atom. The van der Waals surface area contributed by atoms with E-state index in [9.17, 15) is 26.3 Å². The molecule has 0 N–H and O–H groups in total. The summed E-state index contributed by atoms with van der Waals surface area (Å²) in [6.07, 6.45) is -4.49. The molecule has 2 aliphatic rings. The first-order valence-electron chi connectivity index (χ1n) is 14.4. The number of halogens is 8. The molecule has 10 heteroatoms. The maximum absolute atomic E-state index is 13.6. The van der Waals surface area contributed by atoms with Crippen LogP contribution in [0.3, 0.4) is 0 Å². The van der Waals surface area contributed by atoms with E-state index in [2.05, 4.69) is 51.2 Å². The molecule has 0 bridgehead atoms. The van der Waals surface area contributed by atoms with Crippen molar-refractivity contribution < 1.29 is 71.5 Å². The quantitative estimate of drug-likeness (QED) is 0.189. The van der Waals surface area contributed by atoms with Gasteiger partial charge in [0.1, 0.15) is 0 Å². The van der Waals surface area contributed by atoms with Crippen LogP contribution < -0.4 is 24.8 Å². The summed E-state index contributed by atoms with van der Waals surface area (Å²) in [5.41, 5.74) is 7.57. The molecule has 0 amide bonds. The standard InChI is InChI=1S/2C17H12F3.C2H6Si.2ClH.Zr/c2*1-11-8-12-5-3-7-15(16(12)9-11)13-4-2-6-14(10-13)17(18,19)20;1-3-2;;;/h2*2-10H,1H3;1-2H3;2*1H;/q;;;;;+2/p-2. The summed E-state index contributed by atoms with van der Waals surface area (Å²) in [6, 6.07) is 23.1. The van der Waals surface area contributed by atoms with Crippen LogP contribution in [0.5, 0.6) is 0 Å². The van der Waals surface area contributed by atoms with Crippen molar-refractivity contribution in [2.24, 2.45) is 0 Å². The van der Waals surface area contributed by atoms with Gasteiger partial charge in [-0.25, -0.2) is 0 Å². The molecule has 2 unspecified atom stereocenters. The average Bonchev–Trinajstić information content (AvgIpc) is 3.48. The largest absolute Gasteiger partial charge is 1.00 e. The van der Waals surface area contributed by atoms with E-state index in [4.69, 9.17) is 0 Å². The fraction of sp³-hybridized carbons (Fsp3) is 0.222. The number of rotatable bonds is 4. The van der Waals surface area contributed by atoms with E-state index in [1.165, 1.54) is 46.5 Å². The smallest absolute Gasteiger partial charge is 1.00 e. The fourth-order valence-electron chi connectivity index (χ4n) is 6.90. The number of hydrogen-bond acceptors (Lipinski definition) is 0. The van der Waals surface area contributed by atoms with Gasteiger partial charge in [0.25, 0.3) is 0 Å². The van der Waals surface area contributed by atoms with E-state index >= 15 is 0 Å². The fourth-order valence-corrected chi connectivity index (χ4v) is 27.6. The maximum atomic E-state index is 13.6. The zero-order chi connectivity index (χ0) is 31.6. The Morgan fingerprint density at radius 1 is 0.565 bits per heavy atom. The maximum Gasteiger partial charge on any atom is -1.00 e. The van der Waals surface area contributed by atoms with Crippen LogP contribution >= 0.6 is 0 Å². The van der Waals surface area contributed by atoms with Crippen LogP contribution in [0.4, 0.5) is 26.3 Å². The Bertz CT molecular complexity index is 1770. The van der Waals surface area contributed by atoms with Gasteiger partial charge in [0, 0.05) is 0 Å². The molecule has 0 saturated carbocycles. The minimum absolute atomic E-state index is 0. The molecule has 0 aromatic heterocycles. The first kappa shape index (κ1) is 36.5. The van der Waals surface area contributed by atoms with Gasteiger partial charge in [-0.15, -0.1) is 0 Å². The second-order valence-corrected chi connectivity index (χ2v) is 29.7. The number of hydrogen-bond donors (Lipinski definition) is 0. The van der Waals surface area contributed by atoms with Crippen molar-refractivity contribution in [2.75, 3.05) is 0 Å². The molecule has 0 spiro atoms. The Balaban J connectivity index is 0.00000240. The van der Waals surface area contributed by atoms with Crippen molar-refractivity contribution >= 4 is 17.6 Å². The molecule has 6 rings (SSSR count). The zero-order valence-corrected chi connectivity index (χ0v) is 30.4. The molecule has 0 aliphatic heterocycles. The molecule has 238 valence electrons. The number of allylic oxidation sites excluding steroid dienone is 2. The summed E-state index contributed by atoms with van der Waals surface area (Å²) in [5.74, 6) is 0. The van der Waals surface area contributed by atoms with Crippen LogP contribution in [0.1, 0.15) is 54.5 Å². The number of alkyl halides is 6. The molecule has 0 nitrogen and oxygen atoms in total. The molecular weight excluding hydrogens is 737 g/mol. The summed E-state index contributed by atoms with van der Waals surface area (Å²) in [4.78, 5) is 0. The number of benzene rings is 4. The van der Waals surface area contributed by atoms with Crippen molar-refractivity contribution in [3.63, 3.8) is 0 Å². The molecule has 0 heterocycles. The SMILES string of the molecule is CC1=Cc2c(-c3cccc(C(F)(F)F)c3)cccc2[CH]1[Zr+2]([CH]1C(C)=Cc2c(-c3cccc(C(F)(F)F)c3)cccc21)=[Si](C)C.[Cl-].[Cl-]. The Labute approximate surface area is 285 Å². The van der Waals surface area contributed by atoms with Crippen LogP contribution in [0.25, 0.3) is 34.4 Å². The minimum atomic E-state index is -4.42. The van der Waals surface area contributed by atoms with Crippen molar-refractivity contribution in [2.45, 2.75) is 46.5 Å². The van der Waals surface area contributed by atoms with Crippen LogP contribution in [0, 0.1) is 0 Å². The summed E-state index contributed by atoms with van der Waals surface area (Å²) in [5, 5.41) is 0. The molecule has 4 aromatic carbocycles. The van der Waals surface area contributed by atoms with Gasteiger partial charge in [-0.3, -0.25) is 0 Å². The number of fused-ring (bicyclic) bond motifs is 2. The van der Waals surface area contributed by atoms with Gasteiger partial charge in [-0.1, -0.05) is 0 Å². The van der Waals surface area contributed by atoms with E-state index in [0.717, 1.165) is 34.4 Å². The average molecular weight is 767 g/mol. The van der Waals surface area contributed by atoms with E-state index in [-0.39, 0.29) is 32.1 Å². The van der Waals surface area contributed by atoms with Gasteiger partial charge < -0.3 is 24.8 Å². The van der Waals surface area contributed by atoms with Crippen molar-refractivity contribution in [1.29, 1.82) is 0 Å². The third kappa shape index (κ3) is 6.65. The van der Waals surface area contributed by atoms with E-state index in [0.29, 0.717) is 11.1 Å². The molecule has 0 saturated heterocycles. The van der Waals surface area contributed by atoms with Crippen LogP contribution in [0.15, 0.2) is 96.1 Å². The van der Waals surface area contributed by atoms with Gasteiger partial charge >= 0.3 is 263 Å². The second-order valence-electron chi connectivity index (χ2n) is 11.9. The van der Waals surface area contributed by atoms with Crippen molar-refractivity contribution in [3.05, 3.63) is 129 Å². The Morgan fingerprint density at radius 3 is 1.28 bits per heavy atom. The zero-order valence-electron chi connectivity index (χ0n) is 25.4. The summed E-state index contributed by atoms with van der Waals surface area (Å²) in [6.45, 7) is 9.06. The predicted molar refractivity (Wildman–Crippen MR) is 164 cm³/mol. The second kappa shape index (κ2) is 13.6. The van der Waals surface area contributed by atoms with Gasteiger partial charge in [0.05, 0.1) is 0 Å². The summed E-state index contributed by atoms with van der Waals surface area (Å²) in [7, 11) is 0. The summed E-state index contributed by atoms with van der Waals surface area (Å²) < 4.78 is 81.9. The molecule has 2 aliphatic carbocycles. The molecule has 4 aromatic rings. The third-order valence-corrected chi connectivity index (χ3v) is 28.7. The first-order chi connectivity index (χ1) is 20.8. The Hall–Kier alpha value is -2.38. The van der Waals surface area contributed by atoms with E-state index in [1.54, 1.807) is 12.1 Å². The van der Waals surface area contributed by atoms with E-state index in [1.807, 2.05) is 24.3 Å². The van der Waals surface area contributed by atoms with Crippen molar-refractivity contribution in [1.82, 2.24) is 0 Å². The van der Waals surface area contributed by atoms with E-state index < -0.39 is 49.3 Å². The first-order valence-corrected chi connectivity index (χ1v) is 23.4. The van der Waals surface area contributed by atoms with Gasteiger partial charge in [-0.05, 0) is 0 Å². The molecular formula is C36H30Cl2F6SiZr. The monoisotopic (exact) mass is 764 g/mol. The molecule has 0 fully saturated rings. The topological polar surface area (TPSA) is 0 Å².